The van der Waals surface area contributed by atoms with E-state index >= 15 is 0 Å². The number of hydrazone groups is 1. The summed E-state index contributed by atoms with van der Waals surface area (Å²) >= 11 is 0. The number of nitrogens with one attached hydrogen (secondary N) is 2. The first-order chi connectivity index (χ1) is 13.1. The van der Waals surface area contributed by atoms with E-state index in [1.165, 1.54) is 6.21 Å². The number of carbonyl (C=O) groups excluding carboxylic acids is 2. The third-order valence-electron chi connectivity index (χ3n) is 3.33. The van der Waals surface area contributed by atoms with Gasteiger partial charge in [-0.05, 0) is 17.7 Å². The van der Waals surface area contributed by atoms with Gasteiger partial charge in [-0.2, -0.15) is 5.10 Å². The molecule has 0 aliphatic carbocycles. The summed E-state index contributed by atoms with van der Waals surface area (Å²) in [7, 11) is -1.70. The average Bonchev–Trinajstić information content (AvgIpc) is 2.59. The number of nitrogens with two attached hydrogens (primary N) is 1. The van der Waals surface area contributed by atoms with E-state index in [1.807, 2.05) is 19.6 Å². The minimum absolute atomic E-state index is 0.0287. The van der Waals surface area contributed by atoms with Crippen molar-refractivity contribution in [2.24, 2.45) is 10.9 Å². The number of hydrogen-bond acceptors (Lipinski definition) is 5. The highest BCUT2D eigenvalue weighted by atomic mass is 28.3. The number of anilines is 1. The van der Waals surface area contributed by atoms with Gasteiger partial charge in [-0.15, -0.1) is 5.54 Å². The summed E-state index contributed by atoms with van der Waals surface area (Å²) in [6.07, 6.45) is 1.11. The van der Waals surface area contributed by atoms with E-state index in [9.17, 15) is 14.4 Å². The maximum absolute atomic E-state index is 12.1. The molecule has 8 nitrogen and oxygen atoms in total. The van der Waals surface area contributed by atoms with Crippen molar-refractivity contribution in [3.63, 3.8) is 0 Å². The van der Waals surface area contributed by atoms with Gasteiger partial charge in [0.25, 0.3) is 0 Å². The predicted molar refractivity (Wildman–Crippen MR) is 111 cm³/mol. The van der Waals surface area contributed by atoms with Crippen LogP contribution < -0.4 is 16.5 Å². The zero-order valence-corrected chi connectivity index (χ0v) is 17.3. The van der Waals surface area contributed by atoms with Crippen LogP contribution in [0.3, 0.4) is 0 Å². The Morgan fingerprint density at radius 1 is 1.18 bits per heavy atom. The third-order valence-corrected chi connectivity index (χ3v) is 4.23. The maximum Gasteiger partial charge on any atom is 0.306 e. The van der Waals surface area contributed by atoms with Gasteiger partial charge in [-0.25, -0.2) is 0 Å². The van der Waals surface area contributed by atoms with E-state index in [4.69, 9.17) is 10.9 Å². The van der Waals surface area contributed by atoms with E-state index < -0.39 is 26.0 Å². The molecule has 1 atom stereocenters. The number of carboxylic acid groups (broad SMARTS) is 1. The standard InChI is InChI=1S/C19H26N4O4Si/c1-28(2,3)11-10-16(12-19(26)27)23-18(25)9-8-17(24)22-15-6-4-14(5-7-15)13-21-20/h4-7,13,16H,8-9,12,20H2,1-3H3,(H,22,24)(H,23,25)(H,26,27). The van der Waals surface area contributed by atoms with Crippen molar-refractivity contribution >= 4 is 37.8 Å². The first-order valence-corrected chi connectivity index (χ1v) is 12.3. The highest BCUT2D eigenvalue weighted by Gasteiger charge is 2.16. The third kappa shape index (κ3) is 10.1. The largest absolute Gasteiger partial charge is 0.481 e. The van der Waals surface area contributed by atoms with Crippen molar-refractivity contribution in [1.82, 2.24) is 5.32 Å². The molecular formula is C19H26N4O4Si. The number of aliphatic carboxylic acids is 1. The molecule has 150 valence electrons. The Kier molecular flexibility index (Phi) is 8.91. The lowest BCUT2D eigenvalue weighted by Crippen LogP contribution is -2.36. The van der Waals surface area contributed by atoms with Crippen LogP contribution in [0.25, 0.3) is 0 Å². The Balaban J connectivity index is 2.54. The Labute approximate surface area is 165 Å². The predicted octanol–water partition coefficient (Wildman–Crippen LogP) is 1.54. The van der Waals surface area contributed by atoms with Crippen LogP contribution in [-0.4, -0.2) is 43.2 Å². The molecule has 1 aromatic rings. The maximum atomic E-state index is 12.1. The molecule has 0 radical (unpaired) electrons. The van der Waals surface area contributed by atoms with Crippen molar-refractivity contribution < 1.29 is 19.5 Å². The number of nitrogens with zero attached hydrogens (tertiary/aromatic N) is 1. The van der Waals surface area contributed by atoms with E-state index in [-0.39, 0.29) is 25.2 Å². The van der Waals surface area contributed by atoms with E-state index in [1.54, 1.807) is 24.3 Å². The van der Waals surface area contributed by atoms with Gasteiger partial charge in [-0.1, -0.05) is 37.7 Å². The van der Waals surface area contributed by atoms with E-state index in [0.29, 0.717) is 5.69 Å². The number of benzene rings is 1. The van der Waals surface area contributed by atoms with Gasteiger partial charge >= 0.3 is 5.97 Å². The Bertz CT molecular complexity index is 789. The summed E-state index contributed by atoms with van der Waals surface area (Å²) in [6.45, 7) is 6.08. The summed E-state index contributed by atoms with van der Waals surface area (Å²) < 4.78 is 0. The molecule has 5 N–H and O–H groups in total. The monoisotopic (exact) mass is 402 g/mol. The average molecular weight is 403 g/mol. The van der Waals surface area contributed by atoms with Crippen LogP contribution in [0.1, 0.15) is 24.8 Å². The van der Waals surface area contributed by atoms with Crippen LogP contribution in [0.4, 0.5) is 5.69 Å². The van der Waals surface area contributed by atoms with Crippen LogP contribution in [0.5, 0.6) is 0 Å². The molecule has 28 heavy (non-hydrogen) atoms. The van der Waals surface area contributed by atoms with Crippen LogP contribution in [0.2, 0.25) is 19.6 Å². The zero-order chi connectivity index (χ0) is 21.2. The Morgan fingerprint density at radius 3 is 2.32 bits per heavy atom. The minimum Gasteiger partial charge on any atom is -0.481 e. The van der Waals surface area contributed by atoms with Crippen LogP contribution in [-0.2, 0) is 14.4 Å². The van der Waals surface area contributed by atoms with Crippen LogP contribution in [0.15, 0.2) is 29.4 Å². The van der Waals surface area contributed by atoms with Crippen molar-refractivity contribution in [3.05, 3.63) is 29.8 Å². The fourth-order valence-electron chi connectivity index (χ4n) is 2.07. The molecule has 0 aromatic heterocycles. The molecule has 0 spiro atoms. The summed E-state index contributed by atoms with van der Waals surface area (Å²) in [5.41, 5.74) is 4.44. The summed E-state index contributed by atoms with van der Waals surface area (Å²) in [6, 6.07) is 6.11. The molecule has 1 unspecified atom stereocenters. The molecule has 1 rings (SSSR count). The molecule has 0 saturated heterocycles. The summed E-state index contributed by atoms with van der Waals surface area (Å²) in [5.74, 6) is 6.13. The molecule has 0 aliphatic heterocycles. The fourth-order valence-corrected chi connectivity index (χ4v) is 2.68. The molecule has 0 aliphatic rings. The minimum atomic E-state index is -1.70. The van der Waals surface area contributed by atoms with Gasteiger partial charge in [0.05, 0.1) is 12.6 Å². The number of carbonyl (C=O) groups is 3. The fraction of sp³-hybridized carbons (Fsp3) is 0.368. The van der Waals surface area contributed by atoms with Crippen molar-refractivity contribution in [1.29, 1.82) is 0 Å². The molecule has 0 heterocycles. The Hall–Kier alpha value is -3.12. The highest BCUT2D eigenvalue weighted by molar-refractivity contribution is 6.83. The first kappa shape index (κ1) is 22.9. The van der Waals surface area contributed by atoms with E-state index in [0.717, 1.165) is 5.56 Å². The highest BCUT2D eigenvalue weighted by Crippen LogP contribution is 2.09. The SMILES string of the molecule is C[Si](C)(C)C#CC(CC(=O)O)NC(=O)CCC(=O)Nc1ccc(C=NN)cc1. The van der Waals surface area contributed by atoms with Crippen molar-refractivity contribution in [2.45, 2.75) is 44.9 Å². The van der Waals surface area contributed by atoms with Gasteiger partial charge in [0.15, 0.2) is 0 Å². The molecule has 0 fully saturated rings. The Morgan fingerprint density at radius 2 is 1.79 bits per heavy atom. The number of rotatable bonds is 8. The second-order valence-electron chi connectivity index (χ2n) is 7.19. The quantitative estimate of drug-likeness (QED) is 0.172. The van der Waals surface area contributed by atoms with Gasteiger partial charge in [0.1, 0.15) is 14.1 Å². The molecule has 0 bridgehead atoms. The molecule has 2 amide bonds. The topological polar surface area (TPSA) is 134 Å². The number of carboxylic acids is 1. The van der Waals surface area contributed by atoms with Gasteiger partial charge in [0, 0.05) is 18.5 Å². The lowest BCUT2D eigenvalue weighted by atomic mass is 10.2. The normalized spacial score (nSPS) is 12.0. The van der Waals surface area contributed by atoms with Crippen LogP contribution in [0, 0.1) is 11.5 Å². The van der Waals surface area contributed by atoms with E-state index in [2.05, 4.69) is 27.2 Å². The molecule has 1 aromatic carbocycles. The number of hydrogen-bond donors (Lipinski definition) is 4. The summed E-state index contributed by atoms with van der Waals surface area (Å²) in [5, 5.41) is 17.7. The van der Waals surface area contributed by atoms with Gasteiger partial charge in [-0.3, -0.25) is 14.4 Å². The number of amides is 2. The van der Waals surface area contributed by atoms with Crippen molar-refractivity contribution in [3.8, 4) is 11.5 Å². The lowest BCUT2D eigenvalue weighted by Gasteiger charge is -2.12. The van der Waals surface area contributed by atoms with Crippen molar-refractivity contribution in [2.75, 3.05) is 5.32 Å². The molecular weight excluding hydrogens is 376 g/mol. The zero-order valence-electron chi connectivity index (χ0n) is 16.3. The smallest absolute Gasteiger partial charge is 0.306 e. The lowest BCUT2D eigenvalue weighted by molar-refractivity contribution is -0.137. The van der Waals surface area contributed by atoms with Crippen LogP contribution >= 0.6 is 0 Å². The second kappa shape index (κ2) is 10.9. The van der Waals surface area contributed by atoms with Gasteiger partial charge < -0.3 is 21.6 Å². The van der Waals surface area contributed by atoms with Gasteiger partial charge in [0.2, 0.25) is 11.8 Å². The summed E-state index contributed by atoms with van der Waals surface area (Å²) in [4.78, 5) is 35.0. The second-order valence-corrected chi connectivity index (χ2v) is 11.9. The first-order valence-electron chi connectivity index (χ1n) is 8.76. The molecule has 9 heteroatoms. The molecule has 0 saturated carbocycles.